The van der Waals surface area contributed by atoms with E-state index in [0.717, 1.165) is 19.6 Å². The third kappa shape index (κ3) is 3.70. The first-order valence-corrected chi connectivity index (χ1v) is 4.45. The number of rotatable bonds is 2. The molecule has 0 saturated carbocycles. The van der Waals surface area contributed by atoms with E-state index in [2.05, 4.69) is 10.4 Å². The Hall–Kier alpha value is -0.120. The Kier molecular flexibility index (Phi) is 3.83. The Labute approximate surface area is 68.4 Å². The van der Waals surface area contributed by atoms with Crippen molar-refractivity contribution in [3.8, 4) is 0 Å². The Balaban J connectivity index is 2.20. The van der Waals surface area contributed by atoms with Crippen LogP contribution >= 0.6 is 0 Å². The van der Waals surface area contributed by atoms with Gasteiger partial charge >= 0.3 is 0 Å². The molecule has 1 unspecified atom stereocenters. The van der Waals surface area contributed by atoms with Gasteiger partial charge in [-0.25, -0.2) is 5.01 Å². The summed E-state index contributed by atoms with van der Waals surface area (Å²) in [6, 6.07) is 0. The summed E-state index contributed by atoms with van der Waals surface area (Å²) in [5.41, 5.74) is 3.29. The lowest BCUT2D eigenvalue weighted by Gasteiger charge is -2.21. The molecule has 1 aliphatic heterocycles. The molecule has 2 N–H and O–H groups in total. The molecule has 0 aromatic carbocycles. The van der Waals surface area contributed by atoms with Crippen molar-refractivity contribution in [2.45, 2.75) is 32.3 Å². The Bertz CT molecular complexity index is 98.3. The number of hydrazine groups is 1. The molecule has 1 saturated heterocycles. The van der Waals surface area contributed by atoms with Crippen LogP contribution in [-0.2, 0) is 0 Å². The number of aliphatic hydroxyl groups is 1. The van der Waals surface area contributed by atoms with Crippen LogP contribution in [0.15, 0.2) is 0 Å². The van der Waals surface area contributed by atoms with Gasteiger partial charge in [-0.2, -0.15) is 0 Å². The summed E-state index contributed by atoms with van der Waals surface area (Å²) in [7, 11) is 0. The summed E-state index contributed by atoms with van der Waals surface area (Å²) >= 11 is 0. The fraction of sp³-hybridized carbons (Fsp3) is 1.00. The molecule has 0 amide bonds. The van der Waals surface area contributed by atoms with Crippen molar-refractivity contribution < 1.29 is 5.11 Å². The third-order valence-corrected chi connectivity index (χ3v) is 1.92. The summed E-state index contributed by atoms with van der Waals surface area (Å²) in [6.07, 6.45) is 3.60. The topological polar surface area (TPSA) is 35.5 Å². The highest BCUT2D eigenvalue weighted by molar-refractivity contribution is 4.61. The van der Waals surface area contributed by atoms with E-state index in [4.69, 9.17) is 5.11 Å². The van der Waals surface area contributed by atoms with Crippen LogP contribution in [0.2, 0.25) is 0 Å². The average Bonchev–Trinajstić information content (AvgIpc) is 2.14. The van der Waals surface area contributed by atoms with E-state index < -0.39 is 0 Å². The van der Waals surface area contributed by atoms with E-state index in [1.165, 1.54) is 19.3 Å². The highest BCUT2D eigenvalue weighted by atomic mass is 16.3. The maximum absolute atomic E-state index is 9.11. The second kappa shape index (κ2) is 4.70. The first kappa shape index (κ1) is 8.97. The molecule has 0 aromatic rings. The molecule has 1 rings (SSSR count). The van der Waals surface area contributed by atoms with Gasteiger partial charge in [0.25, 0.3) is 0 Å². The zero-order valence-electron chi connectivity index (χ0n) is 7.21. The number of nitrogens with one attached hydrogen (secondary N) is 1. The van der Waals surface area contributed by atoms with Crippen LogP contribution in [0.4, 0.5) is 0 Å². The lowest BCUT2D eigenvalue weighted by Crippen LogP contribution is -2.41. The molecule has 1 heterocycles. The van der Waals surface area contributed by atoms with Crippen LogP contribution < -0.4 is 5.43 Å². The van der Waals surface area contributed by atoms with Crippen LogP contribution in [-0.4, -0.2) is 35.9 Å². The summed E-state index contributed by atoms with van der Waals surface area (Å²) in [6.45, 7) is 4.71. The first-order valence-electron chi connectivity index (χ1n) is 4.45. The molecule has 0 aliphatic carbocycles. The van der Waals surface area contributed by atoms with E-state index in [1.807, 2.05) is 6.92 Å². The third-order valence-electron chi connectivity index (χ3n) is 1.92. The largest absolute Gasteiger partial charge is 0.392 e. The molecule has 0 spiro atoms. The predicted octanol–water partition coefficient (Wildman–Crippen LogP) is 0.358. The van der Waals surface area contributed by atoms with E-state index in [0.29, 0.717) is 0 Å². The number of hydrogen-bond acceptors (Lipinski definition) is 3. The van der Waals surface area contributed by atoms with E-state index in [9.17, 15) is 0 Å². The number of hydrogen-bond donors (Lipinski definition) is 2. The zero-order valence-corrected chi connectivity index (χ0v) is 7.21. The van der Waals surface area contributed by atoms with Gasteiger partial charge in [0.2, 0.25) is 0 Å². The Morgan fingerprint density at radius 2 is 2.27 bits per heavy atom. The molecule has 3 heteroatoms. The van der Waals surface area contributed by atoms with Gasteiger partial charge in [0.1, 0.15) is 0 Å². The fourth-order valence-electron chi connectivity index (χ4n) is 1.40. The van der Waals surface area contributed by atoms with Gasteiger partial charge in [-0.15, -0.1) is 0 Å². The Morgan fingerprint density at radius 1 is 1.45 bits per heavy atom. The summed E-state index contributed by atoms with van der Waals surface area (Å²) < 4.78 is 0. The number of nitrogens with zero attached hydrogens (tertiary/aromatic N) is 1. The number of aliphatic hydroxyl groups excluding tert-OH is 1. The van der Waals surface area contributed by atoms with Gasteiger partial charge in [0.15, 0.2) is 0 Å². The minimum Gasteiger partial charge on any atom is -0.392 e. The van der Waals surface area contributed by atoms with E-state index in [-0.39, 0.29) is 6.10 Å². The second-order valence-electron chi connectivity index (χ2n) is 3.26. The van der Waals surface area contributed by atoms with Crippen molar-refractivity contribution in [2.24, 2.45) is 0 Å². The van der Waals surface area contributed by atoms with Crippen molar-refractivity contribution >= 4 is 0 Å². The van der Waals surface area contributed by atoms with Gasteiger partial charge in [-0.3, -0.25) is 5.43 Å². The van der Waals surface area contributed by atoms with Crippen LogP contribution in [0, 0.1) is 0 Å². The van der Waals surface area contributed by atoms with Crippen LogP contribution in [0.1, 0.15) is 26.2 Å². The lowest BCUT2D eigenvalue weighted by atomic mass is 10.2. The Morgan fingerprint density at radius 3 is 3.00 bits per heavy atom. The lowest BCUT2D eigenvalue weighted by molar-refractivity contribution is 0.0975. The maximum Gasteiger partial charge on any atom is 0.0653 e. The normalized spacial score (nSPS) is 24.5. The first-order chi connectivity index (χ1) is 5.29. The van der Waals surface area contributed by atoms with Crippen molar-refractivity contribution in [1.29, 1.82) is 0 Å². The van der Waals surface area contributed by atoms with Gasteiger partial charge in [-0.1, -0.05) is 6.42 Å². The highest BCUT2D eigenvalue weighted by Crippen LogP contribution is 2.02. The fourth-order valence-corrected chi connectivity index (χ4v) is 1.40. The van der Waals surface area contributed by atoms with Crippen molar-refractivity contribution in [2.75, 3.05) is 19.6 Å². The van der Waals surface area contributed by atoms with Crippen molar-refractivity contribution in [1.82, 2.24) is 10.4 Å². The van der Waals surface area contributed by atoms with Crippen molar-refractivity contribution in [3.05, 3.63) is 0 Å². The quantitative estimate of drug-likeness (QED) is 0.609. The summed E-state index contributed by atoms with van der Waals surface area (Å²) in [5, 5.41) is 11.2. The molecule has 0 radical (unpaired) electrons. The molecule has 11 heavy (non-hydrogen) atoms. The van der Waals surface area contributed by atoms with Gasteiger partial charge in [-0.05, 0) is 19.8 Å². The molecule has 1 aliphatic rings. The van der Waals surface area contributed by atoms with Gasteiger partial charge < -0.3 is 5.11 Å². The summed E-state index contributed by atoms with van der Waals surface area (Å²) in [4.78, 5) is 0. The summed E-state index contributed by atoms with van der Waals surface area (Å²) in [5.74, 6) is 0. The van der Waals surface area contributed by atoms with Crippen LogP contribution in [0.25, 0.3) is 0 Å². The van der Waals surface area contributed by atoms with Crippen LogP contribution in [0.3, 0.4) is 0 Å². The molecular weight excluding hydrogens is 140 g/mol. The minimum absolute atomic E-state index is 0.222. The molecule has 66 valence electrons. The molecule has 0 bridgehead atoms. The molecule has 1 fully saturated rings. The minimum atomic E-state index is -0.222. The molecule has 1 atom stereocenters. The standard InChI is InChI=1S/C8H18N2O/c1-8(11)7-10-6-4-2-3-5-9-10/h8-9,11H,2-7H2,1H3. The molecule has 3 nitrogen and oxygen atoms in total. The SMILES string of the molecule is CC(O)CN1CCCCCN1. The van der Waals surface area contributed by atoms with Crippen LogP contribution in [0.5, 0.6) is 0 Å². The van der Waals surface area contributed by atoms with Gasteiger partial charge in [0, 0.05) is 19.6 Å². The highest BCUT2D eigenvalue weighted by Gasteiger charge is 2.09. The molecule has 0 aromatic heterocycles. The van der Waals surface area contributed by atoms with E-state index >= 15 is 0 Å². The second-order valence-corrected chi connectivity index (χ2v) is 3.26. The van der Waals surface area contributed by atoms with Gasteiger partial charge in [0.05, 0.1) is 6.10 Å². The monoisotopic (exact) mass is 158 g/mol. The van der Waals surface area contributed by atoms with E-state index in [1.54, 1.807) is 0 Å². The average molecular weight is 158 g/mol. The number of β-amino-alcohol motifs (C(OH)–C–C–N with tert-alkyl or cyclic N) is 1. The van der Waals surface area contributed by atoms with Crippen molar-refractivity contribution in [3.63, 3.8) is 0 Å². The predicted molar refractivity (Wildman–Crippen MR) is 45.1 cm³/mol. The molecular formula is C8H18N2O. The zero-order chi connectivity index (χ0) is 8.10. The smallest absolute Gasteiger partial charge is 0.0653 e. The maximum atomic E-state index is 9.11.